The lowest BCUT2D eigenvalue weighted by Crippen LogP contribution is -2.34. The quantitative estimate of drug-likeness (QED) is 0.515. The molecule has 0 radical (unpaired) electrons. The Morgan fingerprint density at radius 1 is 1.39 bits per heavy atom. The molecule has 1 aromatic carbocycles. The van der Waals surface area contributed by atoms with Crippen molar-refractivity contribution in [3.8, 4) is 5.75 Å². The molecule has 1 aromatic heterocycles. The Balaban J connectivity index is 2.04. The summed E-state index contributed by atoms with van der Waals surface area (Å²) in [5.41, 5.74) is 6.50. The summed E-state index contributed by atoms with van der Waals surface area (Å²) in [4.78, 5) is 0.425. The largest absolute Gasteiger partial charge is 0.691 e. The molecule has 5 nitrogen and oxygen atoms in total. The SMILES string of the molecule is COc1cccc(CSc2ccc(N)[n+]([O-])n2)c1. The van der Waals surface area contributed by atoms with Crippen LogP contribution in [0.3, 0.4) is 0 Å². The maximum atomic E-state index is 11.2. The minimum Gasteiger partial charge on any atom is -0.691 e. The van der Waals surface area contributed by atoms with E-state index < -0.39 is 0 Å². The van der Waals surface area contributed by atoms with E-state index in [2.05, 4.69) is 5.10 Å². The molecule has 6 heteroatoms. The molecule has 94 valence electrons. The Morgan fingerprint density at radius 3 is 2.94 bits per heavy atom. The van der Waals surface area contributed by atoms with Gasteiger partial charge in [0.05, 0.1) is 7.11 Å². The van der Waals surface area contributed by atoms with E-state index in [1.54, 1.807) is 19.2 Å². The molecule has 0 fully saturated rings. The van der Waals surface area contributed by atoms with Crippen LogP contribution in [0, 0.1) is 5.21 Å². The first-order valence-electron chi connectivity index (χ1n) is 5.31. The second-order valence-electron chi connectivity index (χ2n) is 3.61. The van der Waals surface area contributed by atoms with Crippen LogP contribution in [0.2, 0.25) is 0 Å². The highest BCUT2D eigenvalue weighted by molar-refractivity contribution is 7.98. The van der Waals surface area contributed by atoms with E-state index in [1.165, 1.54) is 11.8 Å². The van der Waals surface area contributed by atoms with E-state index in [0.717, 1.165) is 11.3 Å². The van der Waals surface area contributed by atoms with Gasteiger partial charge in [-0.15, -0.1) is 4.85 Å². The molecule has 0 saturated carbocycles. The number of benzene rings is 1. The number of thioether (sulfide) groups is 1. The molecule has 2 N–H and O–H groups in total. The van der Waals surface area contributed by atoms with Crippen molar-refractivity contribution in [1.82, 2.24) is 5.10 Å². The monoisotopic (exact) mass is 263 g/mol. The second kappa shape index (κ2) is 5.59. The van der Waals surface area contributed by atoms with Crippen LogP contribution in [0.15, 0.2) is 41.4 Å². The van der Waals surface area contributed by atoms with Gasteiger partial charge in [0.25, 0.3) is 5.82 Å². The maximum Gasteiger partial charge on any atom is 0.296 e. The number of aromatic nitrogens is 2. The van der Waals surface area contributed by atoms with Crippen LogP contribution < -0.4 is 15.3 Å². The molecular weight excluding hydrogens is 250 g/mol. The Kier molecular flexibility index (Phi) is 3.88. The van der Waals surface area contributed by atoms with Gasteiger partial charge in [-0.05, 0) is 23.8 Å². The minimum absolute atomic E-state index is 0.0979. The molecular formula is C12H13N3O2S. The zero-order valence-corrected chi connectivity index (χ0v) is 10.7. The van der Waals surface area contributed by atoms with E-state index >= 15 is 0 Å². The van der Waals surface area contributed by atoms with E-state index in [9.17, 15) is 5.21 Å². The van der Waals surface area contributed by atoms with Crippen LogP contribution in [0.4, 0.5) is 5.82 Å². The van der Waals surface area contributed by atoms with Crippen LogP contribution in [0.1, 0.15) is 5.56 Å². The summed E-state index contributed by atoms with van der Waals surface area (Å²) in [5, 5.41) is 15.6. The van der Waals surface area contributed by atoms with E-state index in [0.29, 0.717) is 15.6 Å². The predicted octanol–water partition coefficient (Wildman–Crippen LogP) is 1.60. The molecule has 0 atom stereocenters. The van der Waals surface area contributed by atoms with Gasteiger partial charge >= 0.3 is 0 Å². The highest BCUT2D eigenvalue weighted by Gasteiger charge is 2.03. The number of hydrogen-bond acceptors (Lipinski definition) is 5. The van der Waals surface area contributed by atoms with Crippen LogP contribution in [0.25, 0.3) is 0 Å². The third-order valence-electron chi connectivity index (χ3n) is 2.33. The lowest BCUT2D eigenvalue weighted by molar-refractivity contribution is -0.658. The van der Waals surface area contributed by atoms with Crippen molar-refractivity contribution in [3.05, 3.63) is 47.2 Å². The normalized spacial score (nSPS) is 10.3. The number of ether oxygens (including phenoxy) is 1. The fourth-order valence-corrected chi connectivity index (χ4v) is 2.19. The summed E-state index contributed by atoms with van der Waals surface area (Å²) >= 11 is 1.47. The van der Waals surface area contributed by atoms with Gasteiger partial charge in [-0.25, -0.2) is 0 Å². The molecule has 0 bridgehead atoms. The van der Waals surface area contributed by atoms with E-state index in [4.69, 9.17) is 10.5 Å². The summed E-state index contributed by atoms with van der Waals surface area (Å²) in [6.07, 6.45) is 0. The summed E-state index contributed by atoms with van der Waals surface area (Å²) in [5.74, 6) is 1.63. The molecule has 0 saturated heterocycles. The molecule has 0 amide bonds. The molecule has 18 heavy (non-hydrogen) atoms. The van der Waals surface area contributed by atoms with E-state index in [1.807, 2.05) is 24.3 Å². The van der Waals surface area contributed by atoms with Gasteiger partial charge in [-0.1, -0.05) is 29.0 Å². The Hall–Kier alpha value is -1.95. The maximum absolute atomic E-state index is 11.2. The lowest BCUT2D eigenvalue weighted by Gasteiger charge is -2.06. The topological polar surface area (TPSA) is 75.1 Å². The molecule has 2 rings (SSSR count). The first kappa shape index (κ1) is 12.5. The van der Waals surface area contributed by atoms with Crippen LogP contribution in [0.5, 0.6) is 5.75 Å². The number of anilines is 1. The first-order chi connectivity index (χ1) is 8.69. The van der Waals surface area contributed by atoms with Crippen LogP contribution >= 0.6 is 11.8 Å². The number of methoxy groups -OCH3 is 1. The number of nitrogens with two attached hydrogens (primary N) is 1. The Labute approximate surface area is 109 Å². The highest BCUT2D eigenvalue weighted by Crippen LogP contribution is 2.22. The standard InChI is InChI=1S/C12H13N3O2S/c1-17-10-4-2-3-9(7-10)8-18-12-6-5-11(13)15(16)14-12/h2-7H,8,13H2,1H3. The van der Waals surface area contributed by atoms with Gasteiger partial charge < -0.3 is 9.94 Å². The molecule has 0 aliphatic heterocycles. The fourth-order valence-electron chi connectivity index (χ4n) is 1.40. The number of rotatable bonds is 4. The van der Waals surface area contributed by atoms with E-state index in [-0.39, 0.29) is 5.82 Å². The lowest BCUT2D eigenvalue weighted by atomic mass is 10.2. The summed E-state index contributed by atoms with van der Waals surface area (Å²) in [7, 11) is 1.63. The van der Waals surface area contributed by atoms with Crippen LogP contribution in [-0.4, -0.2) is 12.2 Å². The van der Waals surface area contributed by atoms with Crippen molar-refractivity contribution in [2.24, 2.45) is 0 Å². The third kappa shape index (κ3) is 3.04. The average molecular weight is 263 g/mol. The summed E-state index contributed by atoms with van der Waals surface area (Å²) in [6, 6.07) is 11.1. The minimum atomic E-state index is 0.0979. The molecule has 2 aromatic rings. The smallest absolute Gasteiger partial charge is 0.296 e. The molecule has 1 heterocycles. The summed E-state index contributed by atoms with van der Waals surface area (Å²) < 4.78 is 5.15. The van der Waals surface area contributed by atoms with Gasteiger partial charge in [0.1, 0.15) is 10.8 Å². The van der Waals surface area contributed by atoms with Crippen molar-refractivity contribution in [2.45, 2.75) is 10.8 Å². The summed E-state index contributed by atoms with van der Waals surface area (Å²) in [6.45, 7) is 0. The third-order valence-corrected chi connectivity index (χ3v) is 3.32. The van der Waals surface area contributed by atoms with Gasteiger partial charge in [0, 0.05) is 11.8 Å². The second-order valence-corrected chi connectivity index (χ2v) is 4.61. The highest BCUT2D eigenvalue weighted by atomic mass is 32.2. The Morgan fingerprint density at radius 2 is 2.22 bits per heavy atom. The van der Waals surface area contributed by atoms with Crippen molar-refractivity contribution < 1.29 is 9.58 Å². The number of hydrogen-bond donors (Lipinski definition) is 1. The van der Waals surface area contributed by atoms with Crippen molar-refractivity contribution in [1.29, 1.82) is 0 Å². The zero-order valence-electron chi connectivity index (χ0n) is 9.87. The molecule has 0 spiro atoms. The molecule has 0 aliphatic rings. The fraction of sp³-hybridized carbons (Fsp3) is 0.167. The van der Waals surface area contributed by atoms with Gasteiger partial charge in [-0.2, -0.15) is 0 Å². The van der Waals surface area contributed by atoms with Crippen molar-refractivity contribution in [2.75, 3.05) is 12.8 Å². The van der Waals surface area contributed by atoms with Gasteiger partial charge in [0.2, 0.25) is 0 Å². The zero-order chi connectivity index (χ0) is 13.0. The van der Waals surface area contributed by atoms with Crippen LogP contribution in [-0.2, 0) is 5.75 Å². The molecule has 0 unspecified atom stereocenters. The Bertz CT molecular complexity index is 549. The predicted molar refractivity (Wildman–Crippen MR) is 70.2 cm³/mol. The van der Waals surface area contributed by atoms with Crippen molar-refractivity contribution >= 4 is 17.6 Å². The molecule has 0 aliphatic carbocycles. The van der Waals surface area contributed by atoms with Gasteiger partial charge in [0.15, 0.2) is 0 Å². The number of nitrogen functional groups attached to an aromatic ring is 1. The number of nitrogens with zero attached hydrogens (tertiary/aromatic N) is 2. The average Bonchev–Trinajstić information content (AvgIpc) is 2.40. The van der Waals surface area contributed by atoms with Crippen molar-refractivity contribution in [3.63, 3.8) is 0 Å². The first-order valence-corrected chi connectivity index (χ1v) is 6.29. The van der Waals surface area contributed by atoms with Gasteiger partial charge in [-0.3, -0.25) is 5.73 Å².